The molecular weight excluding hydrogens is 126 g/mol. The summed E-state index contributed by atoms with van der Waals surface area (Å²) in [6.07, 6.45) is 2.14. The van der Waals surface area contributed by atoms with Gasteiger partial charge in [-0.05, 0) is 18.1 Å². The maximum Gasteiger partial charge on any atom is 0.0702 e. The van der Waals surface area contributed by atoms with Crippen molar-refractivity contribution in [3.05, 3.63) is 0 Å². The van der Waals surface area contributed by atoms with Crippen molar-refractivity contribution in [3.8, 4) is 0 Å². The van der Waals surface area contributed by atoms with Crippen LogP contribution in [0.4, 0.5) is 0 Å². The lowest BCUT2D eigenvalue weighted by atomic mass is 9.98. The first-order valence-corrected chi connectivity index (χ1v) is 3.81. The fourth-order valence-corrected chi connectivity index (χ4v) is 1.14. The minimum Gasteiger partial charge on any atom is -0.168 e. The van der Waals surface area contributed by atoms with Crippen molar-refractivity contribution < 1.29 is 0 Å². The van der Waals surface area contributed by atoms with Gasteiger partial charge in [-0.2, -0.15) is 5.11 Å². The average Bonchev–Trinajstić information content (AvgIpc) is 2.04. The summed E-state index contributed by atoms with van der Waals surface area (Å²) in [6, 6.07) is 0. The van der Waals surface area contributed by atoms with Gasteiger partial charge in [0.1, 0.15) is 0 Å². The molecule has 1 aliphatic heterocycles. The number of hydrogen-bond donors (Lipinski definition) is 0. The second-order valence-electron chi connectivity index (χ2n) is 2.46. The van der Waals surface area contributed by atoms with E-state index in [-0.39, 0.29) is 0 Å². The third-order valence-corrected chi connectivity index (χ3v) is 1.86. The normalized spacial score (nSPS) is 24.6. The summed E-state index contributed by atoms with van der Waals surface area (Å²) < 4.78 is 0. The van der Waals surface area contributed by atoms with Crippen LogP contribution in [-0.2, 0) is 0 Å². The minimum atomic E-state index is 0.558. The average molecular weight is 139 g/mol. The zero-order chi connectivity index (χ0) is 7.40. The van der Waals surface area contributed by atoms with Crippen LogP contribution in [0, 0.1) is 5.92 Å². The quantitative estimate of drug-likeness (QED) is 0.562. The van der Waals surface area contributed by atoms with E-state index < -0.39 is 0 Å². The van der Waals surface area contributed by atoms with Gasteiger partial charge in [0.25, 0.3) is 0 Å². The summed E-state index contributed by atoms with van der Waals surface area (Å²) in [5, 5.41) is 11.5. The van der Waals surface area contributed by atoms with Gasteiger partial charge in [0.05, 0.1) is 6.54 Å². The molecule has 3 nitrogen and oxygen atoms in total. The van der Waals surface area contributed by atoms with E-state index >= 15 is 0 Å². The summed E-state index contributed by atoms with van der Waals surface area (Å²) in [7, 11) is 0. The van der Waals surface area contributed by atoms with Crippen molar-refractivity contribution in [2.45, 2.75) is 26.7 Å². The van der Waals surface area contributed by atoms with Gasteiger partial charge in [-0.1, -0.05) is 13.8 Å². The molecule has 0 aromatic rings. The third kappa shape index (κ3) is 1.40. The Balaban J connectivity index is 2.61. The molecule has 3 heteroatoms. The predicted molar refractivity (Wildman–Crippen MR) is 41.2 cm³/mol. The Bertz CT molecular complexity index is 160. The van der Waals surface area contributed by atoms with E-state index in [1.807, 2.05) is 0 Å². The van der Waals surface area contributed by atoms with E-state index in [4.69, 9.17) is 0 Å². The summed E-state index contributed by atoms with van der Waals surface area (Å²) in [4.78, 5) is 0. The first-order valence-electron chi connectivity index (χ1n) is 3.81. The topological polar surface area (TPSA) is 37.1 Å². The molecule has 0 aromatic heterocycles. The summed E-state index contributed by atoms with van der Waals surface area (Å²) in [5.41, 5.74) is 1.21. The lowest BCUT2D eigenvalue weighted by Crippen LogP contribution is -2.17. The Morgan fingerprint density at radius 3 is 2.80 bits per heavy atom. The molecule has 56 valence electrons. The predicted octanol–water partition coefficient (Wildman–Crippen LogP) is 2.24. The van der Waals surface area contributed by atoms with Crippen LogP contribution in [-0.4, -0.2) is 12.3 Å². The van der Waals surface area contributed by atoms with E-state index in [2.05, 4.69) is 29.3 Å². The van der Waals surface area contributed by atoms with Gasteiger partial charge in [-0.25, -0.2) is 0 Å². The highest BCUT2D eigenvalue weighted by Gasteiger charge is 2.14. The molecule has 1 atom stereocenters. The standard InChI is InChI=1S/C7H13N3/c1-3-6-5-8-10-9-7(6)4-2/h6H,3-5H2,1-2H3. The van der Waals surface area contributed by atoms with E-state index in [9.17, 15) is 0 Å². The maximum atomic E-state index is 3.98. The van der Waals surface area contributed by atoms with Crippen molar-refractivity contribution in [1.29, 1.82) is 0 Å². The summed E-state index contributed by atoms with van der Waals surface area (Å²) in [5.74, 6) is 0.558. The second kappa shape index (κ2) is 3.44. The van der Waals surface area contributed by atoms with Gasteiger partial charge in [0.15, 0.2) is 0 Å². The van der Waals surface area contributed by atoms with Crippen molar-refractivity contribution in [2.75, 3.05) is 6.54 Å². The van der Waals surface area contributed by atoms with Crippen LogP contribution >= 0.6 is 0 Å². The molecule has 0 N–H and O–H groups in total. The van der Waals surface area contributed by atoms with Crippen molar-refractivity contribution in [3.63, 3.8) is 0 Å². The van der Waals surface area contributed by atoms with Crippen LogP contribution in [0.15, 0.2) is 15.4 Å². The van der Waals surface area contributed by atoms with Gasteiger partial charge in [-0.3, -0.25) is 0 Å². The first-order chi connectivity index (χ1) is 4.88. The first kappa shape index (κ1) is 7.38. The fraction of sp³-hybridized carbons (Fsp3) is 0.857. The van der Waals surface area contributed by atoms with Crippen molar-refractivity contribution in [1.82, 2.24) is 0 Å². The van der Waals surface area contributed by atoms with Gasteiger partial charge in [-0.15, -0.1) is 5.10 Å². The van der Waals surface area contributed by atoms with Crippen LogP contribution in [0.3, 0.4) is 0 Å². The van der Waals surface area contributed by atoms with Crippen LogP contribution in [0.2, 0.25) is 0 Å². The number of hydrogen-bond acceptors (Lipinski definition) is 3. The minimum absolute atomic E-state index is 0.558. The van der Waals surface area contributed by atoms with Crippen LogP contribution in [0.5, 0.6) is 0 Å². The van der Waals surface area contributed by atoms with Gasteiger partial charge in [0.2, 0.25) is 0 Å². The molecule has 0 saturated carbocycles. The van der Waals surface area contributed by atoms with Gasteiger partial charge < -0.3 is 0 Å². The Labute approximate surface area is 61.2 Å². The number of rotatable bonds is 2. The molecule has 1 unspecified atom stereocenters. The summed E-state index contributed by atoms with van der Waals surface area (Å²) >= 11 is 0. The molecule has 10 heavy (non-hydrogen) atoms. The Kier molecular flexibility index (Phi) is 2.54. The summed E-state index contributed by atoms with van der Waals surface area (Å²) in [6.45, 7) is 5.11. The van der Waals surface area contributed by atoms with E-state index in [0.717, 1.165) is 19.4 Å². The zero-order valence-corrected chi connectivity index (χ0v) is 6.54. The molecule has 0 saturated heterocycles. The molecule has 0 bridgehead atoms. The SMILES string of the molecule is CCC1=NN=NCC1CC. The highest BCUT2D eigenvalue weighted by atomic mass is 15.4. The van der Waals surface area contributed by atoms with Crippen molar-refractivity contribution >= 4 is 5.71 Å². The molecule has 0 radical (unpaired) electrons. The molecular formula is C7H13N3. The molecule has 1 aliphatic rings. The van der Waals surface area contributed by atoms with Gasteiger partial charge in [0, 0.05) is 11.6 Å². The second-order valence-corrected chi connectivity index (χ2v) is 2.46. The van der Waals surface area contributed by atoms with Crippen molar-refractivity contribution in [2.24, 2.45) is 21.4 Å². The van der Waals surface area contributed by atoms with E-state index in [1.54, 1.807) is 0 Å². The molecule has 0 fully saturated rings. The van der Waals surface area contributed by atoms with E-state index in [1.165, 1.54) is 5.71 Å². The lowest BCUT2D eigenvalue weighted by molar-refractivity contribution is 0.616. The molecule has 1 rings (SSSR count). The van der Waals surface area contributed by atoms with Gasteiger partial charge >= 0.3 is 0 Å². The molecule has 0 amide bonds. The Hall–Kier alpha value is -0.730. The Morgan fingerprint density at radius 1 is 1.50 bits per heavy atom. The number of nitrogens with zero attached hydrogens (tertiary/aromatic N) is 3. The monoisotopic (exact) mass is 139 g/mol. The van der Waals surface area contributed by atoms with Crippen LogP contribution in [0.1, 0.15) is 26.7 Å². The Morgan fingerprint density at radius 2 is 2.30 bits per heavy atom. The van der Waals surface area contributed by atoms with Crippen LogP contribution in [0.25, 0.3) is 0 Å². The highest BCUT2D eigenvalue weighted by Crippen LogP contribution is 2.13. The smallest absolute Gasteiger partial charge is 0.0702 e. The van der Waals surface area contributed by atoms with E-state index in [0.29, 0.717) is 5.92 Å². The molecule has 0 aromatic carbocycles. The van der Waals surface area contributed by atoms with Crippen LogP contribution < -0.4 is 0 Å². The lowest BCUT2D eigenvalue weighted by Gasteiger charge is -2.14. The highest BCUT2D eigenvalue weighted by molar-refractivity contribution is 5.86. The maximum absolute atomic E-state index is 3.98. The molecule has 1 heterocycles. The zero-order valence-electron chi connectivity index (χ0n) is 6.54. The fourth-order valence-electron chi connectivity index (χ4n) is 1.14. The largest absolute Gasteiger partial charge is 0.168 e. The molecule has 0 spiro atoms. The molecule has 0 aliphatic carbocycles. The third-order valence-electron chi connectivity index (χ3n) is 1.86.